The highest BCUT2D eigenvalue weighted by atomic mass is 16.5. The number of anilines is 3. The van der Waals surface area contributed by atoms with E-state index in [-0.39, 0.29) is 5.91 Å². The fraction of sp³-hybridized carbons (Fsp3) is 0.364. The van der Waals surface area contributed by atoms with Gasteiger partial charge in [0.15, 0.2) is 0 Å². The molecule has 9 nitrogen and oxygen atoms in total. The smallest absolute Gasteiger partial charge is 0.261 e. The number of hydrogen-bond acceptors (Lipinski definition) is 7. The van der Waals surface area contributed by atoms with E-state index in [0.717, 1.165) is 17.3 Å². The Morgan fingerprint density at radius 1 is 1.06 bits per heavy atom. The van der Waals surface area contributed by atoms with Crippen molar-refractivity contribution < 1.29 is 9.53 Å². The van der Waals surface area contributed by atoms with Gasteiger partial charge < -0.3 is 19.9 Å². The summed E-state index contributed by atoms with van der Waals surface area (Å²) in [5.74, 6) is 2.60. The van der Waals surface area contributed by atoms with Gasteiger partial charge in [-0.1, -0.05) is 17.7 Å². The van der Waals surface area contributed by atoms with E-state index in [1.807, 2.05) is 30.0 Å². The minimum atomic E-state index is -0.0646. The molecule has 162 valence electrons. The monoisotopic (exact) mass is 421 g/mol. The first-order chi connectivity index (χ1) is 14.9. The van der Waals surface area contributed by atoms with Crippen LogP contribution in [0.25, 0.3) is 0 Å². The van der Waals surface area contributed by atoms with Gasteiger partial charge in [-0.3, -0.25) is 9.48 Å². The largest absolute Gasteiger partial charge is 0.479 e. The number of benzene rings is 1. The molecule has 3 aromatic rings. The molecule has 0 radical (unpaired) electrons. The van der Waals surface area contributed by atoms with E-state index in [1.54, 1.807) is 17.9 Å². The fourth-order valence-corrected chi connectivity index (χ4v) is 3.64. The van der Waals surface area contributed by atoms with E-state index in [1.165, 1.54) is 12.7 Å². The summed E-state index contributed by atoms with van der Waals surface area (Å²) in [6.07, 6.45) is 1.70. The molecule has 4 rings (SSSR count). The molecule has 0 saturated carbocycles. The van der Waals surface area contributed by atoms with Crippen molar-refractivity contribution in [3.63, 3.8) is 0 Å². The van der Waals surface area contributed by atoms with Crippen LogP contribution >= 0.6 is 0 Å². The molecule has 1 fully saturated rings. The second-order valence-electron chi connectivity index (χ2n) is 7.65. The first-order valence-corrected chi connectivity index (χ1v) is 10.2. The van der Waals surface area contributed by atoms with Crippen LogP contribution < -0.4 is 15.0 Å². The molecule has 0 aliphatic carbocycles. The number of methoxy groups -OCH3 is 1. The molecular weight excluding hydrogens is 394 g/mol. The number of amides is 1. The maximum absolute atomic E-state index is 12.9. The molecule has 0 unspecified atom stereocenters. The van der Waals surface area contributed by atoms with Crippen LogP contribution in [0.5, 0.6) is 5.88 Å². The number of carbonyl (C=O) groups is 1. The Morgan fingerprint density at radius 2 is 1.77 bits per heavy atom. The number of hydrogen-bond donors (Lipinski definition) is 1. The van der Waals surface area contributed by atoms with Gasteiger partial charge >= 0.3 is 0 Å². The van der Waals surface area contributed by atoms with Gasteiger partial charge in [-0.2, -0.15) is 0 Å². The number of carbonyl (C=O) groups excluding carboxylic acids is 1. The number of nitrogens with zero attached hydrogens (tertiary/aromatic N) is 6. The third kappa shape index (κ3) is 4.60. The van der Waals surface area contributed by atoms with Crippen molar-refractivity contribution in [3.05, 3.63) is 53.5 Å². The average Bonchev–Trinajstić information content (AvgIpc) is 3.15. The zero-order valence-corrected chi connectivity index (χ0v) is 18.3. The highest BCUT2D eigenvalue weighted by Gasteiger charge is 2.27. The number of aryl methyl sites for hydroxylation is 3. The zero-order chi connectivity index (χ0) is 22.0. The van der Waals surface area contributed by atoms with Crippen LogP contribution in [-0.4, -0.2) is 63.8 Å². The Bertz CT molecular complexity index is 1070. The summed E-state index contributed by atoms with van der Waals surface area (Å²) in [5.41, 5.74) is 2.68. The molecule has 1 aliphatic heterocycles. The first kappa shape index (κ1) is 20.6. The first-order valence-electron chi connectivity index (χ1n) is 10.2. The summed E-state index contributed by atoms with van der Waals surface area (Å²) in [6.45, 7) is 6.52. The van der Waals surface area contributed by atoms with Crippen LogP contribution in [0.4, 0.5) is 17.3 Å². The van der Waals surface area contributed by atoms with Gasteiger partial charge in [-0.05, 0) is 26.0 Å². The summed E-state index contributed by atoms with van der Waals surface area (Å²) >= 11 is 0. The van der Waals surface area contributed by atoms with Crippen molar-refractivity contribution in [2.75, 3.05) is 43.5 Å². The lowest BCUT2D eigenvalue weighted by Crippen LogP contribution is -2.49. The molecule has 31 heavy (non-hydrogen) atoms. The van der Waals surface area contributed by atoms with Crippen LogP contribution in [0, 0.1) is 13.8 Å². The van der Waals surface area contributed by atoms with Crippen LogP contribution in [0.1, 0.15) is 21.7 Å². The van der Waals surface area contributed by atoms with Gasteiger partial charge in [0, 0.05) is 51.2 Å². The highest BCUT2D eigenvalue weighted by Crippen LogP contribution is 2.23. The third-order valence-electron chi connectivity index (χ3n) is 5.26. The Balaban J connectivity index is 1.44. The minimum absolute atomic E-state index is 0.0646. The SMILES string of the molecule is COc1nn(C)cc1C(=O)N1CCN(c2cc(Nc3ccc(C)cc3)nc(C)n2)CC1. The number of aromatic nitrogens is 4. The Hall–Kier alpha value is -3.62. The highest BCUT2D eigenvalue weighted by molar-refractivity contribution is 5.96. The minimum Gasteiger partial charge on any atom is -0.479 e. The second-order valence-corrected chi connectivity index (χ2v) is 7.65. The molecule has 1 aliphatic rings. The lowest BCUT2D eigenvalue weighted by Gasteiger charge is -2.35. The van der Waals surface area contributed by atoms with E-state index in [2.05, 4.69) is 44.3 Å². The number of piperazine rings is 1. The topological polar surface area (TPSA) is 88.4 Å². The van der Waals surface area contributed by atoms with Gasteiger partial charge in [0.25, 0.3) is 5.91 Å². The van der Waals surface area contributed by atoms with Gasteiger partial charge in [0.05, 0.1) is 7.11 Å². The van der Waals surface area contributed by atoms with Crippen LogP contribution in [0.2, 0.25) is 0 Å². The maximum atomic E-state index is 12.9. The molecule has 1 aromatic carbocycles. The normalized spacial score (nSPS) is 13.9. The van der Waals surface area contributed by atoms with Crippen LogP contribution in [0.3, 0.4) is 0 Å². The van der Waals surface area contributed by atoms with Crippen molar-refractivity contribution in [1.29, 1.82) is 0 Å². The van der Waals surface area contributed by atoms with Crippen molar-refractivity contribution in [2.45, 2.75) is 13.8 Å². The molecule has 0 atom stereocenters. The fourth-order valence-electron chi connectivity index (χ4n) is 3.64. The Labute approximate surface area is 181 Å². The summed E-state index contributed by atoms with van der Waals surface area (Å²) < 4.78 is 6.83. The number of nitrogens with one attached hydrogen (secondary N) is 1. The molecule has 1 N–H and O–H groups in total. The lowest BCUT2D eigenvalue weighted by atomic mass is 10.2. The predicted molar refractivity (Wildman–Crippen MR) is 119 cm³/mol. The van der Waals surface area contributed by atoms with E-state index in [9.17, 15) is 4.79 Å². The van der Waals surface area contributed by atoms with Crippen LogP contribution in [0.15, 0.2) is 36.5 Å². The van der Waals surface area contributed by atoms with E-state index >= 15 is 0 Å². The number of rotatable bonds is 5. The number of ether oxygens (including phenoxy) is 1. The van der Waals surface area contributed by atoms with E-state index in [4.69, 9.17) is 4.74 Å². The molecule has 1 amide bonds. The van der Waals surface area contributed by atoms with E-state index < -0.39 is 0 Å². The van der Waals surface area contributed by atoms with Crippen molar-refractivity contribution in [1.82, 2.24) is 24.6 Å². The van der Waals surface area contributed by atoms with Crippen molar-refractivity contribution >= 4 is 23.2 Å². The molecule has 0 bridgehead atoms. The van der Waals surface area contributed by atoms with Crippen molar-refractivity contribution in [3.8, 4) is 5.88 Å². The summed E-state index contributed by atoms with van der Waals surface area (Å²) in [5, 5.41) is 7.53. The van der Waals surface area contributed by atoms with Gasteiger partial charge in [-0.15, -0.1) is 5.10 Å². The molecule has 2 aromatic heterocycles. The molecule has 9 heteroatoms. The molecule has 3 heterocycles. The second kappa shape index (κ2) is 8.63. The summed E-state index contributed by atoms with van der Waals surface area (Å²) in [4.78, 5) is 26.0. The summed E-state index contributed by atoms with van der Waals surface area (Å²) in [6, 6.07) is 10.1. The average molecular weight is 422 g/mol. The van der Waals surface area contributed by atoms with Gasteiger partial charge in [0.2, 0.25) is 5.88 Å². The van der Waals surface area contributed by atoms with E-state index in [0.29, 0.717) is 43.4 Å². The summed E-state index contributed by atoms with van der Waals surface area (Å²) in [7, 11) is 3.30. The maximum Gasteiger partial charge on any atom is 0.261 e. The van der Waals surface area contributed by atoms with Gasteiger partial charge in [-0.25, -0.2) is 9.97 Å². The standard InChI is InChI=1S/C22H27N7O2/c1-15-5-7-17(8-6-15)25-19-13-20(24-16(2)23-19)28-9-11-29(12-10-28)22(30)18-14-27(3)26-21(18)31-4/h5-8,13-14H,9-12H2,1-4H3,(H,23,24,25). The molecule has 1 saturated heterocycles. The van der Waals surface area contributed by atoms with Crippen LogP contribution in [-0.2, 0) is 7.05 Å². The quantitative estimate of drug-likeness (QED) is 0.677. The lowest BCUT2D eigenvalue weighted by molar-refractivity contribution is 0.0743. The van der Waals surface area contributed by atoms with Gasteiger partial charge in [0.1, 0.15) is 23.0 Å². The van der Waals surface area contributed by atoms with Crippen molar-refractivity contribution in [2.24, 2.45) is 7.05 Å². The molecular formula is C22H27N7O2. The Morgan fingerprint density at radius 3 is 2.45 bits per heavy atom. The predicted octanol–water partition coefficient (Wildman–Crippen LogP) is 2.54. The third-order valence-corrected chi connectivity index (χ3v) is 5.26. The zero-order valence-electron chi connectivity index (χ0n) is 18.3. The Kier molecular flexibility index (Phi) is 5.75. The molecule has 0 spiro atoms.